The first-order chi connectivity index (χ1) is 20.1. The molecule has 5 rings (SSSR count). The number of aliphatic hydroxyl groups excluding tert-OH is 2. The largest absolute Gasteiger partial charge is 0.508 e. The molecule has 0 spiro atoms. The molecule has 10 heteroatoms. The van der Waals surface area contributed by atoms with Crippen LogP contribution in [0.25, 0.3) is 0 Å². The van der Waals surface area contributed by atoms with Gasteiger partial charge in [0.15, 0.2) is 0 Å². The van der Waals surface area contributed by atoms with E-state index in [-0.39, 0.29) is 24.7 Å². The number of aromatic hydroxyl groups is 2. The molecule has 5 aromatic carbocycles. The van der Waals surface area contributed by atoms with Crippen molar-refractivity contribution < 1.29 is 39.3 Å². The highest BCUT2D eigenvalue weighted by molar-refractivity contribution is 7.73. The highest BCUT2D eigenvalue weighted by Crippen LogP contribution is 2.38. The molecule has 0 aliphatic carbocycles. The molecule has 0 saturated heterocycles. The van der Waals surface area contributed by atoms with Crippen LogP contribution in [0.1, 0.15) is 0 Å². The molecule has 8 nitrogen and oxygen atoms in total. The molecule has 220 valence electrons. The van der Waals surface area contributed by atoms with Crippen LogP contribution in [0.5, 0.6) is 11.5 Å². The lowest BCUT2D eigenvalue weighted by atomic mass is 10.3. The van der Waals surface area contributed by atoms with E-state index in [4.69, 9.17) is 20.4 Å². The normalized spacial score (nSPS) is 10.5. The van der Waals surface area contributed by atoms with E-state index in [0.717, 1.165) is 0 Å². The van der Waals surface area contributed by atoms with E-state index in [9.17, 15) is 18.9 Å². The van der Waals surface area contributed by atoms with Crippen molar-refractivity contribution in [2.45, 2.75) is 0 Å². The maximum atomic E-state index is 12.2. The zero-order chi connectivity index (χ0) is 30.8. The van der Waals surface area contributed by atoms with Crippen molar-refractivity contribution in [3.8, 4) is 11.5 Å². The number of rotatable bonds is 5. The smallest absolute Gasteiger partial charge is 0.258 e. The van der Waals surface area contributed by atoms with Crippen LogP contribution in [0.15, 0.2) is 146 Å². The first kappa shape index (κ1) is 34.2. The Morgan fingerprint density at radius 2 is 0.571 bits per heavy atom. The molecule has 0 fully saturated rings. The highest BCUT2D eigenvalue weighted by Gasteiger charge is 2.23. The van der Waals surface area contributed by atoms with E-state index < -0.39 is 14.7 Å². The third kappa shape index (κ3) is 11.1. The van der Waals surface area contributed by atoms with Crippen molar-refractivity contribution in [3.63, 3.8) is 0 Å². The molecule has 0 radical (unpaired) electrons. The van der Waals surface area contributed by atoms with Crippen molar-refractivity contribution in [2.75, 3.05) is 13.2 Å². The van der Waals surface area contributed by atoms with Crippen molar-refractivity contribution in [1.29, 1.82) is 0 Å². The van der Waals surface area contributed by atoms with Crippen LogP contribution in [0.2, 0.25) is 0 Å². The lowest BCUT2D eigenvalue weighted by Crippen LogP contribution is -2.14. The fourth-order valence-corrected chi connectivity index (χ4v) is 6.17. The Balaban J connectivity index is 0.000000215. The summed E-state index contributed by atoms with van der Waals surface area (Å²) in [5, 5.41) is 34.4. The standard InChI is InChI=1S/2C12H11O2P.C6H6O2.C2H6O2/c2*13-15(14,11-7-3-1-4-8-11)12-9-5-2-6-10-12;7-5-1-2-6(8)4-3-5;3-1-2-4/h2*1-10H,(H,13,14);1-4,7-8H;3-4H,1-2H2. The highest BCUT2D eigenvalue weighted by atomic mass is 31.2. The quantitative estimate of drug-likeness (QED) is 0.130. The minimum Gasteiger partial charge on any atom is -0.508 e. The maximum Gasteiger partial charge on any atom is 0.258 e. The topological polar surface area (TPSA) is 156 Å². The van der Waals surface area contributed by atoms with Gasteiger partial charge in [0.05, 0.1) is 13.2 Å². The Morgan fingerprint density at radius 1 is 0.381 bits per heavy atom. The second-order valence-corrected chi connectivity index (χ2v) is 12.8. The first-order valence-electron chi connectivity index (χ1n) is 12.7. The molecule has 0 aliphatic heterocycles. The second kappa shape index (κ2) is 17.7. The summed E-state index contributed by atoms with van der Waals surface area (Å²) in [7, 11) is -6.79. The molecule has 0 heterocycles. The van der Waals surface area contributed by atoms with Crippen molar-refractivity contribution in [1.82, 2.24) is 0 Å². The number of hydrogen-bond donors (Lipinski definition) is 6. The predicted octanol–water partition coefficient (Wildman–Crippen LogP) is 3.88. The number of phenols is 2. The molecule has 5 aromatic rings. The van der Waals surface area contributed by atoms with Gasteiger partial charge in [0.25, 0.3) is 14.7 Å². The van der Waals surface area contributed by atoms with E-state index in [1.54, 1.807) is 97.1 Å². The van der Waals surface area contributed by atoms with Crippen LogP contribution >= 0.6 is 14.7 Å². The summed E-state index contributed by atoms with van der Waals surface area (Å²) in [5.41, 5.74) is 0. The molecule has 0 amide bonds. The Hall–Kier alpha value is -4.00. The molecule has 6 N–H and O–H groups in total. The zero-order valence-corrected chi connectivity index (χ0v) is 24.5. The predicted molar refractivity (Wildman–Crippen MR) is 168 cm³/mol. The number of benzene rings is 5. The summed E-state index contributed by atoms with van der Waals surface area (Å²) in [6.45, 7) is -0.250. The Morgan fingerprint density at radius 3 is 0.738 bits per heavy atom. The molecular weight excluding hydrogens is 574 g/mol. The Labute approximate surface area is 245 Å². The Kier molecular flexibility index (Phi) is 14.4. The van der Waals surface area contributed by atoms with E-state index in [1.807, 2.05) is 24.3 Å². The molecule has 0 unspecified atom stereocenters. The van der Waals surface area contributed by atoms with Crippen LogP contribution in [0.3, 0.4) is 0 Å². The summed E-state index contributed by atoms with van der Waals surface area (Å²) in [6, 6.07) is 40.5. The van der Waals surface area contributed by atoms with Gasteiger partial charge in [-0.1, -0.05) is 72.8 Å². The van der Waals surface area contributed by atoms with Gasteiger partial charge in [0.1, 0.15) is 11.5 Å². The second-order valence-electron chi connectivity index (χ2n) is 8.46. The van der Waals surface area contributed by atoms with E-state index in [2.05, 4.69) is 0 Å². The average Bonchev–Trinajstić information content (AvgIpc) is 3.05. The average molecular weight is 609 g/mol. The monoisotopic (exact) mass is 608 g/mol. The molecule has 0 saturated carbocycles. The van der Waals surface area contributed by atoms with Gasteiger partial charge in [0.2, 0.25) is 0 Å². The minimum absolute atomic E-state index is 0.125. The fraction of sp³-hybridized carbons (Fsp3) is 0.0625. The van der Waals surface area contributed by atoms with Crippen LogP contribution in [0, 0.1) is 0 Å². The summed E-state index contributed by atoms with van der Waals surface area (Å²) in [6.07, 6.45) is 0. The lowest BCUT2D eigenvalue weighted by Gasteiger charge is -2.11. The van der Waals surface area contributed by atoms with Gasteiger partial charge in [-0.25, -0.2) is 0 Å². The van der Waals surface area contributed by atoms with Crippen LogP contribution in [-0.2, 0) is 9.13 Å². The zero-order valence-electron chi connectivity index (χ0n) is 22.7. The van der Waals surface area contributed by atoms with Gasteiger partial charge in [-0.3, -0.25) is 9.13 Å². The van der Waals surface area contributed by atoms with Crippen LogP contribution < -0.4 is 21.2 Å². The third-order valence-corrected chi connectivity index (χ3v) is 9.37. The molecule has 0 atom stereocenters. The molecular formula is C32H34O8P2. The first-order valence-corrected chi connectivity index (χ1v) is 16.0. The lowest BCUT2D eigenvalue weighted by molar-refractivity contribution is 0.186. The SMILES string of the molecule is O=P(O)(c1ccccc1)c1ccccc1.O=P(O)(c1ccccc1)c1ccccc1.OCCO.Oc1ccc(O)cc1. The molecule has 0 bridgehead atoms. The molecule has 0 aliphatic rings. The van der Waals surface area contributed by atoms with E-state index in [0.29, 0.717) is 21.2 Å². The van der Waals surface area contributed by atoms with Gasteiger partial charge in [-0.2, -0.15) is 0 Å². The third-order valence-electron chi connectivity index (χ3n) is 5.37. The van der Waals surface area contributed by atoms with Crippen molar-refractivity contribution in [2.24, 2.45) is 0 Å². The van der Waals surface area contributed by atoms with Crippen molar-refractivity contribution >= 4 is 36.0 Å². The summed E-state index contributed by atoms with van der Waals surface area (Å²) < 4.78 is 24.3. The number of aliphatic hydroxyl groups is 2. The summed E-state index contributed by atoms with van der Waals surface area (Å²) >= 11 is 0. The van der Waals surface area contributed by atoms with E-state index >= 15 is 0 Å². The van der Waals surface area contributed by atoms with Crippen molar-refractivity contribution in [3.05, 3.63) is 146 Å². The Bertz CT molecular complexity index is 1310. The van der Waals surface area contributed by atoms with Gasteiger partial charge < -0.3 is 30.2 Å². The van der Waals surface area contributed by atoms with Gasteiger partial charge in [0, 0.05) is 21.2 Å². The van der Waals surface area contributed by atoms with Crippen LogP contribution in [-0.4, -0.2) is 43.4 Å². The molecule has 42 heavy (non-hydrogen) atoms. The van der Waals surface area contributed by atoms with E-state index in [1.165, 1.54) is 24.3 Å². The minimum atomic E-state index is -3.40. The summed E-state index contributed by atoms with van der Waals surface area (Å²) in [5.74, 6) is 0.339. The van der Waals surface area contributed by atoms with Gasteiger partial charge >= 0.3 is 0 Å². The number of hydrogen-bond acceptors (Lipinski definition) is 6. The summed E-state index contributed by atoms with van der Waals surface area (Å²) in [4.78, 5) is 20.0. The fourth-order valence-electron chi connectivity index (χ4n) is 3.27. The van der Waals surface area contributed by atoms with Gasteiger partial charge in [-0.15, -0.1) is 0 Å². The number of phenolic OH excluding ortho intramolecular Hbond substituents is 2. The van der Waals surface area contributed by atoms with Gasteiger partial charge in [-0.05, 0) is 72.8 Å². The molecule has 0 aromatic heterocycles. The van der Waals surface area contributed by atoms with Crippen LogP contribution in [0.4, 0.5) is 0 Å². The maximum absolute atomic E-state index is 12.2.